The maximum atomic E-state index is 5.89. The SMILES string of the molecule is CCn1c(COc2cc(C)cc(C)c2C)n[nH]c1=S. The average molecular weight is 277 g/mol. The van der Waals surface area contributed by atoms with E-state index in [1.807, 2.05) is 11.5 Å². The summed E-state index contributed by atoms with van der Waals surface area (Å²) in [5.74, 6) is 1.74. The van der Waals surface area contributed by atoms with Crippen LogP contribution in [0, 0.1) is 25.5 Å². The third kappa shape index (κ3) is 2.87. The van der Waals surface area contributed by atoms with Gasteiger partial charge in [-0.2, -0.15) is 5.10 Å². The van der Waals surface area contributed by atoms with Crippen molar-refractivity contribution in [3.63, 3.8) is 0 Å². The number of nitrogens with one attached hydrogen (secondary N) is 1. The summed E-state index contributed by atoms with van der Waals surface area (Å²) < 4.78 is 8.47. The van der Waals surface area contributed by atoms with Gasteiger partial charge >= 0.3 is 0 Å². The molecule has 1 heterocycles. The average Bonchev–Trinajstić information content (AvgIpc) is 2.72. The summed E-state index contributed by atoms with van der Waals surface area (Å²) in [7, 11) is 0. The Morgan fingerprint density at radius 1 is 1.32 bits per heavy atom. The van der Waals surface area contributed by atoms with Gasteiger partial charge in [-0.15, -0.1) is 0 Å². The molecule has 0 radical (unpaired) electrons. The van der Waals surface area contributed by atoms with Gasteiger partial charge in [-0.3, -0.25) is 5.10 Å². The van der Waals surface area contributed by atoms with E-state index in [2.05, 4.69) is 43.1 Å². The number of rotatable bonds is 4. The molecule has 2 aromatic rings. The number of ether oxygens (including phenoxy) is 1. The zero-order chi connectivity index (χ0) is 14.0. The zero-order valence-electron chi connectivity index (χ0n) is 11.8. The summed E-state index contributed by atoms with van der Waals surface area (Å²) in [6.07, 6.45) is 0. The van der Waals surface area contributed by atoms with E-state index in [0.29, 0.717) is 11.4 Å². The highest BCUT2D eigenvalue weighted by Gasteiger charge is 2.08. The quantitative estimate of drug-likeness (QED) is 0.870. The first-order valence-electron chi connectivity index (χ1n) is 6.37. The largest absolute Gasteiger partial charge is 0.485 e. The molecule has 1 aromatic carbocycles. The molecule has 102 valence electrons. The molecule has 0 saturated carbocycles. The van der Waals surface area contributed by atoms with Gasteiger partial charge in [0.05, 0.1) is 0 Å². The van der Waals surface area contributed by atoms with Crippen LogP contribution in [-0.4, -0.2) is 14.8 Å². The number of nitrogens with zero attached hydrogens (tertiary/aromatic N) is 2. The Bertz CT molecular complexity index is 643. The summed E-state index contributed by atoms with van der Waals surface area (Å²) in [4.78, 5) is 0. The molecule has 0 fully saturated rings. The van der Waals surface area contributed by atoms with Crippen molar-refractivity contribution in [1.29, 1.82) is 0 Å². The summed E-state index contributed by atoms with van der Waals surface area (Å²) in [5.41, 5.74) is 3.61. The van der Waals surface area contributed by atoms with Crippen LogP contribution < -0.4 is 4.74 Å². The van der Waals surface area contributed by atoms with E-state index in [9.17, 15) is 0 Å². The van der Waals surface area contributed by atoms with E-state index in [4.69, 9.17) is 17.0 Å². The molecule has 19 heavy (non-hydrogen) atoms. The number of benzene rings is 1. The van der Waals surface area contributed by atoms with Crippen molar-refractivity contribution in [2.24, 2.45) is 0 Å². The van der Waals surface area contributed by atoms with Gasteiger partial charge in [0.2, 0.25) is 0 Å². The predicted molar refractivity (Wildman–Crippen MR) is 78.1 cm³/mol. The van der Waals surface area contributed by atoms with Gasteiger partial charge < -0.3 is 9.30 Å². The van der Waals surface area contributed by atoms with Crippen molar-refractivity contribution >= 4 is 12.2 Å². The fourth-order valence-electron chi connectivity index (χ4n) is 2.08. The molecule has 2 rings (SSSR count). The second-order valence-electron chi connectivity index (χ2n) is 4.68. The van der Waals surface area contributed by atoms with E-state index in [-0.39, 0.29) is 0 Å². The molecule has 0 bridgehead atoms. The maximum Gasteiger partial charge on any atom is 0.195 e. The summed E-state index contributed by atoms with van der Waals surface area (Å²) in [6.45, 7) is 9.49. The number of hydrogen-bond donors (Lipinski definition) is 1. The second kappa shape index (κ2) is 5.57. The first kappa shape index (κ1) is 13.8. The van der Waals surface area contributed by atoms with Crippen LogP contribution in [0.2, 0.25) is 0 Å². The van der Waals surface area contributed by atoms with E-state index in [1.54, 1.807) is 0 Å². The fraction of sp³-hybridized carbons (Fsp3) is 0.429. The first-order valence-corrected chi connectivity index (χ1v) is 6.78. The molecule has 1 N–H and O–H groups in total. The lowest BCUT2D eigenvalue weighted by Crippen LogP contribution is -2.07. The van der Waals surface area contributed by atoms with Gasteiger partial charge in [-0.05, 0) is 62.7 Å². The Kier molecular flexibility index (Phi) is 4.04. The van der Waals surface area contributed by atoms with E-state index < -0.39 is 0 Å². The van der Waals surface area contributed by atoms with Crippen LogP contribution in [0.25, 0.3) is 0 Å². The molecule has 0 unspecified atom stereocenters. The van der Waals surface area contributed by atoms with Gasteiger partial charge in [0.25, 0.3) is 0 Å². The second-order valence-corrected chi connectivity index (χ2v) is 5.07. The minimum Gasteiger partial charge on any atom is -0.485 e. The number of aromatic amines is 1. The molecular formula is C14H19N3OS. The smallest absolute Gasteiger partial charge is 0.195 e. The summed E-state index contributed by atoms with van der Waals surface area (Å²) >= 11 is 5.16. The molecule has 0 aliphatic carbocycles. The Morgan fingerprint density at radius 3 is 2.74 bits per heavy atom. The lowest BCUT2D eigenvalue weighted by atomic mass is 10.1. The standard InChI is InChI=1S/C14H19N3OS/c1-5-17-13(15-16-14(17)19)8-18-12-7-9(2)6-10(3)11(12)4/h6-7H,5,8H2,1-4H3,(H,16,19). The molecule has 0 aliphatic heterocycles. The van der Waals surface area contributed by atoms with Crippen LogP contribution >= 0.6 is 12.2 Å². The molecule has 0 atom stereocenters. The van der Waals surface area contributed by atoms with E-state index >= 15 is 0 Å². The summed E-state index contributed by atoms with van der Waals surface area (Å²) in [6, 6.07) is 4.21. The van der Waals surface area contributed by atoms with Crippen LogP contribution in [0.3, 0.4) is 0 Å². The number of aromatic nitrogens is 3. The summed E-state index contributed by atoms with van der Waals surface area (Å²) in [5, 5.41) is 6.99. The van der Waals surface area contributed by atoms with Crippen molar-refractivity contribution in [3.05, 3.63) is 39.4 Å². The lowest BCUT2D eigenvalue weighted by molar-refractivity contribution is 0.287. The zero-order valence-corrected chi connectivity index (χ0v) is 12.6. The molecule has 0 saturated heterocycles. The minimum absolute atomic E-state index is 0.421. The Hall–Kier alpha value is -1.62. The van der Waals surface area contributed by atoms with Gasteiger partial charge in [0.15, 0.2) is 10.6 Å². The molecule has 0 amide bonds. The Labute approximate surface area is 118 Å². The van der Waals surface area contributed by atoms with Gasteiger partial charge in [-0.25, -0.2) is 0 Å². The molecule has 1 aromatic heterocycles. The predicted octanol–water partition coefficient (Wildman–Crippen LogP) is 3.46. The number of H-pyrrole nitrogens is 1. The van der Waals surface area contributed by atoms with Crippen LogP contribution in [-0.2, 0) is 13.2 Å². The van der Waals surface area contributed by atoms with Crippen molar-refractivity contribution in [2.75, 3.05) is 0 Å². The van der Waals surface area contributed by atoms with E-state index in [1.165, 1.54) is 16.7 Å². The van der Waals surface area contributed by atoms with Crippen molar-refractivity contribution in [1.82, 2.24) is 14.8 Å². The van der Waals surface area contributed by atoms with Crippen molar-refractivity contribution in [2.45, 2.75) is 40.8 Å². The van der Waals surface area contributed by atoms with Crippen LogP contribution in [0.15, 0.2) is 12.1 Å². The molecule has 5 heteroatoms. The highest BCUT2D eigenvalue weighted by Crippen LogP contribution is 2.24. The highest BCUT2D eigenvalue weighted by atomic mass is 32.1. The maximum absolute atomic E-state index is 5.89. The third-order valence-electron chi connectivity index (χ3n) is 3.27. The van der Waals surface area contributed by atoms with Crippen LogP contribution in [0.4, 0.5) is 0 Å². The van der Waals surface area contributed by atoms with Crippen LogP contribution in [0.5, 0.6) is 5.75 Å². The van der Waals surface area contributed by atoms with Gasteiger partial charge in [0, 0.05) is 6.54 Å². The normalized spacial score (nSPS) is 10.7. The third-order valence-corrected chi connectivity index (χ3v) is 3.59. The highest BCUT2D eigenvalue weighted by molar-refractivity contribution is 7.71. The topological polar surface area (TPSA) is 42.8 Å². The Balaban J connectivity index is 2.21. The van der Waals surface area contributed by atoms with Crippen molar-refractivity contribution < 1.29 is 4.74 Å². The minimum atomic E-state index is 0.421. The van der Waals surface area contributed by atoms with E-state index in [0.717, 1.165) is 18.1 Å². The van der Waals surface area contributed by atoms with Crippen LogP contribution in [0.1, 0.15) is 29.4 Å². The van der Waals surface area contributed by atoms with Gasteiger partial charge in [0.1, 0.15) is 12.4 Å². The first-order chi connectivity index (χ1) is 9.02. The Morgan fingerprint density at radius 2 is 2.05 bits per heavy atom. The molecule has 0 spiro atoms. The fourth-order valence-corrected chi connectivity index (χ4v) is 2.36. The monoisotopic (exact) mass is 277 g/mol. The van der Waals surface area contributed by atoms with Crippen molar-refractivity contribution in [3.8, 4) is 5.75 Å². The molecular weight excluding hydrogens is 258 g/mol. The number of aryl methyl sites for hydroxylation is 2. The van der Waals surface area contributed by atoms with Gasteiger partial charge in [-0.1, -0.05) is 6.07 Å². The molecule has 0 aliphatic rings. The number of hydrogen-bond acceptors (Lipinski definition) is 3. The lowest BCUT2D eigenvalue weighted by Gasteiger charge is -2.12. The molecule has 4 nitrogen and oxygen atoms in total.